The van der Waals surface area contributed by atoms with Crippen LogP contribution in [0.15, 0.2) is 34.9 Å². The van der Waals surface area contributed by atoms with Crippen LogP contribution in [0.5, 0.6) is 0 Å². The molecule has 1 aromatic carbocycles. The second-order valence-electron chi connectivity index (χ2n) is 5.72. The van der Waals surface area contributed by atoms with Gasteiger partial charge in [-0.15, -0.1) is 0 Å². The van der Waals surface area contributed by atoms with Crippen LogP contribution in [0, 0.1) is 6.92 Å². The maximum Gasteiger partial charge on any atom is 0.294 e. The summed E-state index contributed by atoms with van der Waals surface area (Å²) in [6.07, 6.45) is 3.27. The van der Waals surface area contributed by atoms with E-state index in [1.807, 2.05) is 4.90 Å². The Morgan fingerprint density at radius 3 is 2.65 bits per heavy atom. The number of aromatic nitrogens is 1. The van der Waals surface area contributed by atoms with Crippen LogP contribution in [-0.4, -0.2) is 35.0 Å². The lowest BCUT2D eigenvalue weighted by Crippen LogP contribution is -2.35. The van der Waals surface area contributed by atoms with Crippen LogP contribution in [0.4, 0.5) is 5.69 Å². The Hall–Kier alpha value is -2.63. The summed E-state index contributed by atoms with van der Waals surface area (Å²) in [4.78, 5) is 26.4. The Labute approximate surface area is 134 Å². The number of carbonyl (C=O) groups excluding carboxylic acids is 2. The van der Waals surface area contributed by atoms with E-state index in [0.29, 0.717) is 16.9 Å². The van der Waals surface area contributed by atoms with Gasteiger partial charge in [-0.1, -0.05) is 11.2 Å². The number of nitrogens with zero attached hydrogens (tertiary/aromatic N) is 2. The Morgan fingerprint density at radius 2 is 1.96 bits per heavy atom. The summed E-state index contributed by atoms with van der Waals surface area (Å²) in [6, 6.07) is 8.54. The summed E-state index contributed by atoms with van der Waals surface area (Å²) >= 11 is 0. The van der Waals surface area contributed by atoms with E-state index in [1.54, 1.807) is 37.3 Å². The van der Waals surface area contributed by atoms with Gasteiger partial charge in [0, 0.05) is 30.4 Å². The molecule has 1 aliphatic rings. The first-order chi connectivity index (χ1) is 11.1. The van der Waals surface area contributed by atoms with Crippen LogP contribution >= 0.6 is 0 Å². The first-order valence-electron chi connectivity index (χ1n) is 7.77. The minimum Gasteiger partial charge on any atom is -0.351 e. The van der Waals surface area contributed by atoms with Crippen LogP contribution in [0.25, 0.3) is 0 Å². The van der Waals surface area contributed by atoms with Gasteiger partial charge >= 0.3 is 0 Å². The Bertz CT molecular complexity index is 717. The van der Waals surface area contributed by atoms with E-state index in [9.17, 15) is 9.59 Å². The summed E-state index contributed by atoms with van der Waals surface area (Å²) < 4.78 is 4.93. The van der Waals surface area contributed by atoms with Gasteiger partial charge in [0.15, 0.2) is 0 Å². The molecule has 0 spiro atoms. The molecule has 6 nitrogen and oxygen atoms in total. The molecular weight excluding hydrogens is 294 g/mol. The third kappa shape index (κ3) is 3.59. The maximum atomic E-state index is 12.5. The number of rotatable bonds is 3. The molecule has 1 aromatic heterocycles. The SMILES string of the molecule is Cc1cc(C(=O)Nc2cccc(C(=O)N3CCCCC3)c2)on1. The largest absolute Gasteiger partial charge is 0.351 e. The summed E-state index contributed by atoms with van der Waals surface area (Å²) in [5, 5.41) is 6.42. The summed E-state index contributed by atoms with van der Waals surface area (Å²) in [5.74, 6) is -0.222. The number of likely N-dealkylation sites (tertiary alicyclic amines) is 1. The molecule has 120 valence electrons. The molecule has 1 saturated heterocycles. The average Bonchev–Trinajstić information content (AvgIpc) is 3.02. The third-order valence-electron chi connectivity index (χ3n) is 3.86. The third-order valence-corrected chi connectivity index (χ3v) is 3.86. The Morgan fingerprint density at radius 1 is 1.17 bits per heavy atom. The topological polar surface area (TPSA) is 75.4 Å². The number of anilines is 1. The molecule has 0 bridgehead atoms. The van der Waals surface area contributed by atoms with Gasteiger partial charge in [0.05, 0.1) is 5.69 Å². The van der Waals surface area contributed by atoms with Crippen molar-refractivity contribution in [1.82, 2.24) is 10.1 Å². The number of nitrogens with one attached hydrogen (secondary N) is 1. The van der Waals surface area contributed by atoms with Gasteiger partial charge in [0.2, 0.25) is 5.76 Å². The first-order valence-corrected chi connectivity index (χ1v) is 7.77. The maximum absolute atomic E-state index is 12.5. The van der Waals surface area contributed by atoms with E-state index in [2.05, 4.69) is 10.5 Å². The van der Waals surface area contributed by atoms with Gasteiger partial charge in [0.25, 0.3) is 11.8 Å². The fraction of sp³-hybridized carbons (Fsp3) is 0.353. The molecule has 23 heavy (non-hydrogen) atoms. The number of piperidine rings is 1. The summed E-state index contributed by atoms with van der Waals surface area (Å²) in [5.41, 5.74) is 1.79. The van der Waals surface area contributed by atoms with Crippen LogP contribution in [0.2, 0.25) is 0 Å². The predicted molar refractivity (Wildman–Crippen MR) is 85.4 cm³/mol. The van der Waals surface area contributed by atoms with Crippen molar-refractivity contribution in [2.24, 2.45) is 0 Å². The molecule has 1 fully saturated rings. The highest BCUT2D eigenvalue weighted by molar-refractivity contribution is 6.03. The molecule has 6 heteroatoms. The zero-order chi connectivity index (χ0) is 16.2. The highest BCUT2D eigenvalue weighted by atomic mass is 16.5. The van der Waals surface area contributed by atoms with Gasteiger partial charge < -0.3 is 14.7 Å². The molecule has 2 heterocycles. The van der Waals surface area contributed by atoms with Gasteiger partial charge in [-0.25, -0.2) is 0 Å². The van der Waals surface area contributed by atoms with Gasteiger partial charge in [0.1, 0.15) is 0 Å². The summed E-state index contributed by atoms with van der Waals surface area (Å²) in [7, 11) is 0. The molecule has 1 aliphatic heterocycles. The summed E-state index contributed by atoms with van der Waals surface area (Å²) in [6.45, 7) is 3.34. The highest BCUT2D eigenvalue weighted by Crippen LogP contribution is 2.17. The zero-order valence-electron chi connectivity index (χ0n) is 13.0. The van der Waals surface area contributed by atoms with Gasteiger partial charge in [-0.3, -0.25) is 9.59 Å². The molecule has 3 rings (SSSR count). The van der Waals surface area contributed by atoms with Crippen LogP contribution in [0.3, 0.4) is 0 Å². The molecular formula is C17H19N3O3. The normalized spacial score (nSPS) is 14.6. The molecule has 0 radical (unpaired) electrons. The molecule has 0 atom stereocenters. The highest BCUT2D eigenvalue weighted by Gasteiger charge is 2.19. The molecule has 0 aliphatic carbocycles. The number of aryl methyl sites for hydroxylation is 1. The quantitative estimate of drug-likeness (QED) is 0.945. The number of carbonyl (C=O) groups is 2. The number of hydrogen-bond donors (Lipinski definition) is 1. The Balaban J connectivity index is 1.71. The van der Waals surface area contributed by atoms with Crippen molar-refractivity contribution < 1.29 is 14.1 Å². The first kappa shape index (κ1) is 15.3. The standard InChI is InChI=1S/C17H19N3O3/c1-12-10-15(23-19-12)16(21)18-14-7-5-6-13(11-14)17(22)20-8-3-2-4-9-20/h5-7,10-11H,2-4,8-9H2,1H3,(H,18,21). The number of hydrogen-bond acceptors (Lipinski definition) is 4. The van der Waals surface area contributed by atoms with Crippen LogP contribution in [0.1, 0.15) is 45.9 Å². The Kier molecular flexibility index (Phi) is 4.41. The van der Waals surface area contributed by atoms with E-state index < -0.39 is 0 Å². The number of benzene rings is 1. The lowest BCUT2D eigenvalue weighted by atomic mass is 10.1. The fourth-order valence-corrected chi connectivity index (χ4v) is 2.67. The van der Waals surface area contributed by atoms with Crippen LogP contribution < -0.4 is 5.32 Å². The van der Waals surface area contributed by atoms with E-state index in [0.717, 1.165) is 25.9 Å². The van der Waals surface area contributed by atoms with E-state index in [4.69, 9.17) is 4.52 Å². The van der Waals surface area contributed by atoms with Crippen molar-refractivity contribution in [3.8, 4) is 0 Å². The monoisotopic (exact) mass is 313 g/mol. The van der Waals surface area contributed by atoms with Crippen molar-refractivity contribution in [2.75, 3.05) is 18.4 Å². The second kappa shape index (κ2) is 6.64. The molecule has 1 N–H and O–H groups in total. The van der Waals surface area contributed by atoms with E-state index in [-0.39, 0.29) is 17.6 Å². The van der Waals surface area contributed by atoms with Crippen molar-refractivity contribution in [2.45, 2.75) is 26.2 Å². The lowest BCUT2D eigenvalue weighted by Gasteiger charge is -2.26. The van der Waals surface area contributed by atoms with Gasteiger partial charge in [-0.05, 0) is 44.4 Å². The van der Waals surface area contributed by atoms with Crippen molar-refractivity contribution in [1.29, 1.82) is 0 Å². The molecule has 0 unspecified atom stereocenters. The van der Waals surface area contributed by atoms with E-state index in [1.165, 1.54) is 6.42 Å². The zero-order valence-corrected chi connectivity index (χ0v) is 13.0. The second-order valence-corrected chi connectivity index (χ2v) is 5.72. The van der Waals surface area contributed by atoms with E-state index >= 15 is 0 Å². The smallest absolute Gasteiger partial charge is 0.294 e. The molecule has 0 saturated carbocycles. The lowest BCUT2D eigenvalue weighted by molar-refractivity contribution is 0.0724. The van der Waals surface area contributed by atoms with Crippen molar-refractivity contribution >= 4 is 17.5 Å². The van der Waals surface area contributed by atoms with Crippen molar-refractivity contribution in [3.63, 3.8) is 0 Å². The fourth-order valence-electron chi connectivity index (χ4n) is 2.67. The minimum absolute atomic E-state index is 0.0105. The molecule has 2 aromatic rings. The number of amides is 2. The van der Waals surface area contributed by atoms with Gasteiger partial charge in [-0.2, -0.15) is 0 Å². The average molecular weight is 313 g/mol. The van der Waals surface area contributed by atoms with Crippen LogP contribution in [-0.2, 0) is 0 Å². The molecule has 2 amide bonds. The minimum atomic E-state index is -0.381. The van der Waals surface area contributed by atoms with Crippen molar-refractivity contribution in [3.05, 3.63) is 47.3 Å². The predicted octanol–water partition coefficient (Wildman–Crippen LogP) is 2.86.